The van der Waals surface area contributed by atoms with Crippen LogP contribution in [-0.4, -0.2) is 29.9 Å². The van der Waals surface area contributed by atoms with Crippen molar-refractivity contribution in [2.75, 3.05) is 0 Å². The summed E-state index contributed by atoms with van der Waals surface area (Å²) in [7, 11) is 0. The number of aromatic nitrogens is 6. The second kappa shape index (κ2) is 21.1. The molecule has 3 aromatic heterocycles. The van der Waals surface area contributed by atoms with Crippen molar-refractivity contribution in [2.45, 2.75) is 58.7 Å². The van der Waals surface area contributed by atoms with Gasteiger partial charge in [0, 0.05) is 62.0 Å². The predicted molar refractivity (Wildman–Crippen MR) is 302 cm³/mol. The fourth-order valence-corrected chi connectivity index (χ4v) is 15.0. The van der Waals surface area contributed by atoms with Gasteiger partial charge in [-0.05, 0) is 72.8 Å². The Morgan fingerprint density at radius 3 is 0.692 bits per heavy atom. The molecule has 9 aromatic carbocycles. The summed E-state index contributed by atoms with van der Waals surface area (Å²) in [5.41, 5.74) is -0.119. The molecule has 12 aromatic rings. The van der Waals surface area contributed by atoms with Crippen LogP contribution in [0.15, 0.2) is 241 Å². The van der Waals surface area contributed by atoms with Gasteiger partial charge in [0.1, 0.15) is 22.6 Å². The molecule has 0 amide bonds. The number of halogens is 6. The molecule has 18 heteroatoms. The zero-order chi connectivity index (χ0) is 53.0. The van der Waals surface area contributed by atoms with E-state index < -0.39 is 34.9 Å². The number of hydrogen-bond acceptors (Lipinski definition) is 10. The minimum atomic E-state index is -1.19. The predicted octanol–water partition coefficient (Wildman–Crippen LogP) is 19.0. The van der Waals surface area contributed by atoms with Crippen LogP contribution in [0.2, 0.25) is 0 Å². The maximum atomic E-state index is 17.5. The molecule has 380 valence electrons. The Morgan fingerprint density at radius 1 is 0.244 bits per heavy atom. The van der Waals surface area contributed by atoms with E-state index in [0.29, 0.717) is 29.4 Å². The largest absolute Gasteiger partial charge is 0.324 e. The fraction of sp³-hybridized carbons (Fsp3) is 0. The molecule has 4 heterocycles. The van der Waals surface area contributed by atoms with Gasteiger partial charge in [0.15, 0.2) is 46.6 Å². The lowest BCUT2D eigenvalue weighted by Crippen LogP contribution is -1.99. The molecule has 0 saturated heterocycles. The summed E-state index contributed by atoms with van der Waals surface area (Å²) in [6.07, 6.45) is 0. The summed E-state index contributed by atoms with van der Waals surface area (Å²) in [4.78, 5) is 29.5. The summed E-state index contributed by atoms with van der Waals surface area (Å²) in [5.74, 6) is -7.40. The van der Waals surface area contributed by atoms with Gasteiger partial charge in [0.05, 0.1) is 29.4 Å². The van der Waals surface area contributed by atoms with Crippen LogP contribution in [-0.2, 0) is 0 Å². The van der Waals surface area contributed by atoms with E-state index in [1.807, 2.05) is 0 Å². The van der Waals surface area contributed by atoms with Gasteiger partial charge < -0.3 is 9.97 Å². The Hall–Kier alpha value is -7.32. The molecule has 0 fully saturated rings. The minimum absolute atomic E-state index is 0.0450. The summed E-state index contributed by atoms with van der Waals surface area (Å²) < 4.78 is 105. The van der Waals surface area contributed by atoms with Crippen LogP contribution in [0.1, 0.15) is 0 Å². The van der Waals surface area contributed by atoms with Crippen molar-refractivity contribution in [3.8, 4) is 22.8 Å². The lowest BCUT2D eigenvalue weighted by Gasteiger charge is -2.15. The zero-order valence-electron chi connectivity index (χ0n) is 39.8. The van der Waals surface area contributed by atoms with Gasteiger partial charge in [0.25, 0.3) is 0 Å². The normalized spacial score (nSPS) is 11.8. The van der Waals surface area contributed by atoms with Gasteiger partial charge in [-0.1, -0.05) is 180 Å². The molecule has 0 atom stereocenters. The SMILES string of the molecule is Fc1c(F)c(Sc2ccccc2)c2c(c1Sc1ccccc1)-c1nc-2nc2[nH]c(nc3[nH]c(n1)c1c(Sc4ccccc4)c(F)c(F)c(Sc4ccccc4)c31)c1c(Sc3ccccc3)c(F)c(F)c(Sc3ccccc3)c21. The first-order chi connectivity index (χ1) is 38.2. The standard InChI is InChI=1S/C60H32F6N6S6/c61-43-44(62)50(74-32-21-9-2-10-22-32)38-37(49(43)73-31-19-7-1-8-20-31)55-67-56(38)71-58-41-42(54(78-36-29-17-6-18-30-36)48(66)47(65)53(41)77-35-27-15-5-16-28-35)60(69-58)72-59-40-39(57(68-59)70-55)51(75-33-23-11-3-12-24-33)45(63)46(64)52(40)76-34-25-13-4-14-26-34/h1-30H,(H2,67,68,69,70,71,72). The first-order valence-corrected chi connectivity index (χ1v) is 28.7. The van der Waals surface area contributed by atoms with Crippen molar-refractivity contribution in [3.05, 3.63) is 217 Å². The second-order valence-corrected chi connectivity index (χ2v) is 23.8. The van der Waals surface area contributed by atoms with Crippen molar-refractivity contribution >= 4 is 115 Å². The number of hydrogen-bond donors (Lipinski definition) is 2. The summed E-state index contributed by atoms with van der Waals surface area (Å²) in [6.45, 7) is 0. The van der Waals surface area contributed by atoms with Crippen LogP contribution in [0, 0.1) is 34.9 Å². The van der Waals surface area contributed by atoms with Gasteiger partial charge in [0.2, 0.25) is 0 Å². The fourth-order valence-electron chi connectivity index (χ4n) is 8.99. The van der Waals surface area contributed by atoms with Gasteiger partial charge in [-0.3, -0.25) is 0 Å². The van der Waals surface area contributed by atoms with E-state index in [0.717, 1.165) is 70.6 Å². The van der Waals surface area contributed by atoms with Crippen LogP contribution >= 0.6 is 70.6 Å². The van der Waals surface area contributed by atoms with Crippen molar-refractivity contribution in [1.29, 1.82) is 0 Å². The highest BCUT2D eigenvalue weighted by Gasteiger charge is 2.36. The maximum Gasteiger partial charge on any atom is 0.174 e. The van der Waals surface area contributed by atoms with E-state index in [4.69, 9.17) is 19.9 Å². The highest BCUT2D eigenvalue weighted by Crippen LogP contribution is 2.54. The van der Waals surface area contributed by atoms with Gasteiger partial charge >= 0.3 is 0 Å². The lowest BCUT2D eigenvalue weighted by atomic mass is 10.1. The third-order valence-electron chi connectivity index (χ3n) is 12.4. The van der Waals surface area contributed by atoms with Gasteiger partial charge in [-0.2, -0.15) is 0 Å². The first kappa shape index (κ1) is 50.2. The van der Waals surface area contributed by atoms with Crippen LogP contribution in [0.4, 0.5) is 26.3 Å². The minimum Gasteiger partial charge on any atom is -0.324 e. The smallest absolute Gasteiger partial charge is 0.174 e. The van der Waals surface area contributed by atoms with Crippen LogP contribution < -0.4 is 0 Å². The Kier molecular flexibility index (Phi) is 13.6. The first-order valence-electron chi connectivity index (χ1n) is 23.8. The number of nitrogens with one attached hydrogen (secondary N) is 2. The number of fused-ring (bicyclic) bond motifs is 15. The molecule has 0 spiro atoms. The summed E-state index contributed by atoms with van der Waals surface area (Å²) in [6, 6.07) is 53.1. The average Bonchev–Trinajstić information content (AvgIpc) is 4.35. The molecule has 6 nitrogen and oxygen atoms in total. The van der Waals surface area contributed by atoms with Crippen molar-refractivity contribution in [1.82, 2.24) is 29.9 Å². The molecular weight excluding hydrogens is 1110 g/mol. The summed E-state index contributed by atoms with van der Waals surface area (Å²) in [5, 5.41) is 0.346. The van der Waals surface area contributed by atoms with Crippen LogP contribution in [0.5, 0.6) is 0 Å². The summed E-state index contributed by atoms with van der Waals surface area (Å²) >= 11 is 5.73. The topological polar surface area (TPSA) is 83.1 Å². The van der Waals surface area contributed by atoms with E-state index in [1.165, 1.54) is 0 Å². The third-order valence-corrected chi connectivity index (χ3v) is 19.0. The number of nitrogens with zero attached hydrogens (tertiary/aromatic N) is 4. The van der Waals surface area contributed by atoms with E-state index in [9.17, 15) is 0 Å². The van der Waals surface area contributed by atoms with Crippen molar-refractivity contribution in [3.63, 3.8) is 0 Å². The van der Waals surface area contributed by atoms with Crippen molar-refractivity contribution in [2.24, 2.45) is 0 Å². The molecule has 0 unspecified atom stereocenters. The Balaban J connectivity index is 1.25. The molecular formula is C60H32F6N6S6. The highest BCUT2D eigenvalue weighted by molar-refractivity contribution is 8.01. The molecule has 2 N–H and O–H groups in total. The van der Waals surface area contributed by atoms with Crippen LogP contribution in [0.3, 0.4) is 0 Å². The lowest BCUT2D eigenvalue weighted by molar-refractivity contribution is 0.477. The monoisotopic (exact) mass is 1140 g/mol. The van der Waals surface area contributed by atoms with Gasteiger partial charge in [-0.15, -0.1) is 0 Å². The quantitative estimate of drug-likeness (QED) is 0.115. The van der Waals surface area contributed by atoms with Crippen molar-refractivity contribution < 1.29 is 26.3 Å². The molecule has 78 heavy (non-hydrogen) atoms. The Labute approximate surface area is 466 Å². The number of aromatic amines is 2. The van der Waals surface area contributed by atoms with E-state index >= 15 is 26.3 Å². The molecule has 0 saturated carbocycles. The molecule has 0 radical (unpaired) electrons. The highest BCUT2D eigenvalue weighted by atomic mass is 32.2. The number of rotatable bonds is 12. The molecule has 13 rings (SSSR count). The Morgan fingerprint density at radius 2 is 0.449 bits per heavy atom. The van der Waals surface area contributed by atoms with E-state index in [2.05, 4.69) is 9.97 Å². The molecule has 6 bridgehead atoms. The third kappa shape index (κ3) is 9.22. The average molecular weight is 1140 g/mol. The van der Waals surface area contributed by atoms with E-state index in [-0.39, 0.29) is 96.3 Å². The second-order valence-electron chi connectivity index (χ2n) is 17.3. The molecule has 1 aliphatic heterocycles. The zero-order valence-corrected chi connectivity index (χ0v) is 44.7. The van der Waals surface area contributed by atoms with Crippen LogP contribution in [0.25, 0.3) is 66.9 Å². The number of benzene rings is 9. The molecule has 0 aliphatic carbocycles. The van der Waals surface area contributed by atoms with Gasteiger partial charge in [-0.25, -0.2) is 46.3 Å². The molecule has 1 aliphatic rings. The Bertz CT molecular complexity index is 4110. The number of H-pyrrole nitrogens is 2. The van der Waals surface area contributed by atoms with E-state index in [1.54, 1.807) is 182 Å². The maximum absolute atomic E-state index is 17.5.